The Labute approximate surface area is 160 Å². The maximum atomic E-state index is 5.95. The van der Waals surface area contributed by atoms with E-state index in [0.29, 0.717) is 6.61 Å². The largest absolute Gasteiger partial charge is 0.497 e. The highest BCUT2D eigenvalue weighted by Crippen LogP contribution is 2.29. The van der Waals surface area contributed by atoms with E-state index < -0.39 is 0 Å². The van der Waals surface area contributed by atoms with Crippen LogP contribution in [0.1, 0.15) is 12.0 Å². The first kappa shape index (κ1) is 19.7. The van der Waals surface area contributed by atoms with Crippen molar-refractivity contribution < 1.29 is 14.2 Å². The molecule has 0 bridgehead atoms. The molecule has 1 heterocycles. The van der Waals surface area contributed by atoms with Gasteiger partial charge in [0.05, 0.1) is 32.8 Å². The first-order chi connectivity index (χ1) is 12.3. The van der Waals surface area contributed by atoms with E-state index in [9.17, 15) is 0 Å². The average Bonchev–Trinajstić information content (AvgIpc) is 3.20. The summed E-state index contributed by atoms with van der Waals surface area (Å²) < 4.78 is 18.5. The molecule has 0 amide bonds. The summed E-state index contributed by atoms with van der Waals surface area (Å²) in [7, 11) is 3.32. The lowest BCUT2D eigenvalue weighted by molar-refractivity contribution is 0.289. The number of imidazole rings is 1. The molecule has 3 rings (SSSR count). The Bertz CT molecular complexity index is 789. The normalized spacial score (nSPS) is 10.1. The van der Waals surface area contributed by atoms with Gasteiger partial charge in [-0.3, -0.25) is 0 Å². The van der Waals surface area contributed by atoms with Crippen molar-refractivity contribution in [2.45, 2.75) is 12.8 Å². The van der Waals surface area contributed by atoms with Gasteiger partial charge in [0.25, 0.3) is 0 Å². The van der Waals surface area contributed by atoms with Gasteiger partial charge in [-0.25, -0.2) is 4.98 Å². The molecule has 138 valence electrons. The zero-order valence-electron chi connectivity index (χ0n) is 14.9. The van der Waals surface area contributed by atoms with Gasteiger partial charge in [0.1, 0.15) is 5.75 Å². The molecule has 26 heavy (non-hydrogen) atoms. The highest BCUT2D eigenvalue weighted by atomic mass is 35.5. The number of rotatable bonds is 8. The summed E-state index contributed by atoms with van der Waals surface area (Å²) >= 11 is 0. The van der Waals surface area contributed by atoms with Gasteiger partial charge in [0.15, 0.2) is 11.5 Å². The van der Waals surface area contributed by atoms with Crippen LogP contribution in [0.15, 0.2) is 61.2 Å². The van der Waals surface area contributed by atoms with Crippen LogP contribution in [0, 0.1) is 0 Å². The molecule has 0 saturated carbocycles. The van der Waals surface area contributed by atoms with E-state index in [1.165, 1.54) is 5.56 Å². The SMILES string of the molecule is COc1ccc(CCCOc2cc(-n3ccnc3)ccc2OC)cc1.Cl. The van der Waals surface area contributed by atoms with E-state index in [4.69, 9.17) is 14.2 Å². The third-order valence-corrected chi connectivity index (χ3v) is 3.98. The van der Waals surface area contributed by atoms with E-state index in [0.717, 1.165) is 35.8 Å². The Morgan fingerprint density at radius 1 is 0.962 bits per heavy atom. The lowest BCUT2D eigenvalue weighted by atomic mass is 10.1. The van der Waals surface area contributed by atoms with E-state index in [1.807, 2.05) is 41.1 Å². The molecule has 0 saturated heterocycles. The van der Waals surface area contributed by atoms with Gasteiger partial charge in [-0.2, -0.15) is 0 Å². The third kappa shape index (κ3) is 4.92. The Morgan fingerprint density at radius 2 is 1.77 bits per heavy atom. The molecular weight excluding hydrogens is 352 g/mol. The number of ether oxygens (including phenoxy) is 3. The van der Waals surface area contributed by atoms with Crippen molar-refractivity contribution in [1.29, 1.82) is 0 Å². The summed E-state index contributed by atoms with van der Waals surface area (Å²) in [5, 5.41) is 0. The molecule has 0 unspecified atom stereocenters. The predicted molar refractivity (Wildman–Crippen MR) is 104 cm³/mol. The summed E-state index contributed by atoms with van der Waals surface area (Å²) in [5.74, 6) is 2.35. The average molecular weight is 375 g/mol. The molecule has 1 aromatic heterocycles. The topological polar surface area (TPSA) is 45.5 Å². The number of aryl methyl sites for hydroxylation is 1. The van der Waals surface area contributed by atoms with Gasteiger partial charge < -0.3 is 18.8 Å². The van der Waals surface area contributed by atoms with Crippen molar-refractivity contribution in [3.8, 4) is 22.9 Å². The molecular formula is C20H23ClN2O3. The number of benzene rings is 2. The van der Waals surface area contributed by atoms with E-state index >= 15 is 0 Å². The fourth-order valence-electron chi connectivity index (χ4n) is 2.60. The third-order valence-electron chi connectivity index (χ3n) is 3.98. The molecule has 0 atom stereocenters. The number of hydrogen-bond donors (Lipinski definition) is 0. The number of aromatic nitrogens is 2. The summed E-state index contributed by atoms with van der Waals surface area (Å²) in [6.07, 6.45) is 7.28. The van der Waals surface area contributed by atoms with Gasteiger partial charge in [-0.15, -0.1) is 12.4 Å². The molecule has 3 aromatic rings. The van der Waals surface area contributed by atoms with Gasteiger partial charge >= 0.3 is 0 Å². The van der Waals surface area contributed by atoms with Crippen molar-refractivity contribution in [1.82, 2.24) is 9.55 Å². The molecule has 2 aromatic carbocycles. The molecule has 0 fully saturated rings. The molecule has 0 spiro atoms. The Morgan fingerprint density at radius 3 is 2.42 bits per heavy atom. The van der Waals surface area contributed by atoms with Gasteiger partial charge in [-0.1, -0.05) is 12.1 Å². The second-order valence-electron chi connectivity index (χ2n) is 5.61. The maximum Gasteiger partial charge on any atom is 0.163 e. The molecule has 0 aliphatic heterocycles. The summed E-state index contributed by atoms with van der Waals surface area (Å²) in [6.45, 7) is 0.621. The van der Waals surface area contributed by atoms with E-state index in [-0.39, 0.29) is 12.4 Å². The first-order valence-electron chi connectivity index (χ1n) is 8.22. The number of halogens is 1. The second kappa shape index (κ2) is 9.73. The fraction of sp³-hybridized carbons (Fsp3) is 0.250. The van der Waals surface area contributed by atoms with Gasteiger partial charge in [0.2, 0.25) is 0 Å². The summed E-state index contributed by atoms with van der Waals surface area (Å²) in [5.41, 5.74) is 2.26. The van der Waals surface area contributed by atoms with E-state index in [2.05, 4.69) is 17.1 Å². The molecule has 0 aliphatic rings. The maximum absolute atomic E-state index is 5.95. The number of hydrogen-bond acceptors (Lipinski definition) is 4. The fourth-order valence-corrected chi connectivity index (χ4v) is 2.60. The van der Waals surface area contributed by atoms with Crippen molar-refractivity contribution in [2.75, 3.05) is 20.8 Å². The number of nitrogens with zero attached hydrogens (tertiary/aromatic N) is 2. The van der Waals surface area contributed by atoms with Crippen LogP contribution in [0.5, 0.6) is 17.2 Å². The number of methoxy groups -OCH3 is 2. The minimum Gasteiger partial charge on any atom is -0.497 e. The minimum absolute atomic E-state index is 0. The van der Waals surface area contributed by atoms with Crippen LogP contribution >= 0.6 is 12.4 Å². The highest BCUT2D eigenvalue weighted by Gasteiger charge is 2.07. The predicted octanol–water partition coefficient (Wildman–Crippen LogP) is 4.32. The standard InChI is InChI=1S/C20H22N2O3.ClH/c1-23-18-8-5-16(6-9-18)4-3-13-25-20-14-17(7-10-19(20)24-2)22-12-11-21-15-22;/h5-12,14-15H,3-4,13H2,1-2H3;1H. The molecule has 5 nitrogen and oxygen atoms in total. The lowest BCUT2D eigenvalue weighted by Crippen LogP contribution is -2.02. The molecule has 0 radical (unpaired) electrons. The zero-order chi connectivity index (χ0) is 17.5. The monoisotopic (exact) mass is 374 g/mol. The second-order valence-corrected chi connectivity index (χ2v) is 5.61. The van der Waals surface area contributed by atoms with Gasteiger partial charge in [0, 0.05) is 18.5 Å². The first-order valence-corrected chi connectivity index (χ1v) is 8.22. The Balaban J connectivity index is 0.00000243. The smallest absolute Gasteiger partial charge is 0.163 e. The van der Waals surface area contributed by atoms with Gasteiger partial charge in [-0.05, 0) is 42.7 Å². The lowest BCUT2D eigenvalue weighted by Gasteiger charge is -2.13. The molecule has 0 aliphatic carbocycles. The van der Waals surface area contributed by atoms with Crippen LogP contribution in [0.25, 0.3) is 5.69 Å². The summed E-state index contributed by atoms with van der Waals surface area (Å²) in [6, 6.07) is 14.0. The van der Waals surface area contributed by atoms with Crippen LogP contribution in [-0.2, 0) is 6.42 Å². The van der Waals surface area contributed by atoms with Crippen LogP contribution in [0.4, 0.5) is 0 Å². The Kier molecular flexibility index (Phi) is 7.36. The molecule has 0 N–H and O–H groups in total. The quantitative estimate of drug-likeness (QED) is 0.551. The van der Waals surface area contributed by atoms with Crippen LogP contribution in [0.2, 0.25) is 0 Å². The van der Waals surface area contributed by atoms with E-state index in [1.54, 1.807) is 26.7 Å². The zero-order valence-corrected chi connectivity index (χ0v) is 15.7. The Hall–Kier alpha value is -2.66. The highest BCUT2D eigenvalue weighted by molar-refractivity contribution is 5.85. The van der Waals surface area contributed by atoms with Crippen molar-refractivity contribution >= 4 is 12.4 Å². The van der Waals surface area contributed by atoms with Crippen LogP contribution < -0.4 is 14.2 Å². The summed E-state index contributed by atoms with van der Waals surface area (Å²) in [4.78, 5) is 4.07. The minimum atomic E-state index is 0. The van der Waals surface area contributed by atoms with Crippen molar-refractivity contribution in [3.05, 3.63) is 66.7 Å². The van der Waals surface area contributed by atoms with Crippen molar-refractivity contribution in [3.63, 3.8) is 0 Å². The van der Waals surface area contributed by atoms with Crippen LogP contribution in [-0.4, -0.2) is 30.4 Å². The molecule has 6 heteroatoms. The van der Waals surface area contributed by atoms with Crippen LogP contribution in [0.3, 0.4) is 0 Å². The van der Waals surface area contributed by atoms with Crippen molar-refractivity contribution in [2.24, 2.45) is 0 Å².